The van der Waals surface area contributed by atoms with Crippen molar-refractivity contribution >= 4 is 7.82 Å². The van der Waals surface area contributed by atoms with Gasteiger partial charge in [-0.3, -0.25) is 4.52 Å². The van der Waals surface area contributed by atoms with Crippen LogP contribution in [-0.4, -0.2) is 38.8 Å². The summed E-state index contributed by atoms with van der Waals surface area (Å²) in [4.78, 5) is 18.0. The number of fused-ring (bicyclic) bond motifs is 5. The SMILES string of the molecule is CC[C@@H]1C2C[C@H](O)CC[C@]2(C)C2CC[C@@]3(C)C(CC[C@@H]3[C@H](C)CCOP(=O)(O)O)C2[C@@H]1O. The maximum absolute atomic E-state index is 11.7. The maximum atomic E-state index is 11.7. The largest absolute Gasteiger partial charge is 0.469 e. The molecule has 6 nitrogen and oxygen atoms in total. The van der Waals surface area contributed by atoms with Crippen molar-refractivity contribution in [3.05, 3.63) is 0 Å². The van der Waals surface area contributed by atoms with Crippen LogP contribution in [0.2, 0.25) is 0 Å². The number of hydrogen-bond acceptors (Lipinski definition) is 4. The molecule has 0 amide bonds. The smallest absolute Gasteiger partial charge is 0.393 e. The first-order chi connectivity index (χ1) is 14.9. The van der Waals surface area contributed by atoms with Gasteiger partial charge in [0.05, 0.1) is 18.8 Å². The fourth-order valence-electron chi connectivity index (χ4n) is 9.49. The Kier molecular flexibility index (Phi) is 7.00. The second kappa shape index (κ2) is 8.91. The van der Waals surface area contributed by atoms with Crippen LogP contribution in [0.15, 0.2) is 0 Å². The van der Waals surface area contributed by atoms with E-state index in [2.05, 4.69) is 27.7 Å². The van der Waals surface area contributed by atoms with Gasteiger partial charge in [-0.05, 0) is 104 Å². The first-order valence-corrected chi connectivity index (χ1v) is 14.5. The normalized spacial score (nSPS) is 49.8. The summed E-state index contributed by atoms with van der Waals surface area (Å²) < 4.78 is 15.8. The molecule has 4 aliphatic carbocycles. The van der Waals surface area contributed by atoms with Gasteiger partial charge in [0.25, 0.3) is 0 Å². The van der Waals surface area contributed by atoms with Crippen LogP contribution in [0.3, 0.4) is 0 Å². The van der Waals surface area contributed by atoms with Crippen LogP contribution in [0, 0.1) is 52.3 Å². The van der Waals surface area contributed by atoms with Gasteiger partial charge < -0.3 is 20.0 Å². The first kappa shape index (κ1) is 25.1. The highest BCUT2D eigenvalue weighted by atomic mass is 31.2. The summed E-state index contributed by atoms with van der Waals surface area (Å²) in [5.74, 6) is 2.89. The molecular weight excluding hydrogens is 427 g/mol. The van der Waals surface area contributed by atoms with Crippen molar-refractivity contribution in [2.75, 3.05) is 6.61 Å². The molecule has 0 saturated heterocycles. The minimum absolute atomic E-state index is 0.0946. The van der Waals surface area contributed by atoms with E-state index < -0.39 is 7.82 Å². The van der Waals surface area contributed by atoms with E-state index >= 15 is 0 Å². The third-order valence-corrected chi connectivity index (χ3v) is 11.5. The molecule has 186 valence electrons. The van der Waals surface area contributed by atoms with Crippen LogP contribution in [0.5, 0.6) is 0 Å². The summed E-state index contributed by atoms with van der Waals surface area (Å²) in [6, 6.07) is 0. The average molecular weight is 473 g/mol. The van der Waals surface area contributed by atoms with E-state index in [1.165, 1.54) is 6.42 Å². The zero-order chi connectivity index (χ0) is 23.5. The van der Waals surface area contributed by atoms with Crippen molar-refractivity contribution < 1.29 is 29.1 Å². The fraction of sp³-hybridized carbons (Fsp3) is 1.00. The molecule has 4 rings (SSSR count). The first-order valence-electron chi connectivity index (χ1n) is 13.0. The second-order valence-corrected chi connectivity index (χ2v) is 13.5. The van der Waals surface area contributed by atoms with Gasteiger partial charge in [0.2, 0.25) is 0 Å². The topological polar surface area (TPSA) is 107 Å². The standard InChI is InChI=1S/C25H45O6P/c1-5-17-21-14-16(26)8-11-25(21,4)20-9-12-24(3)18(6-7-19(24)22(20)23(17)27)15(2)10-13-31-32(28,29)30/h15-23,26-27H,5-14H2,1-4H3,(H2,28,29,30)/t15-,16-,17-,18-,19?,20?,21?,22?,23-,24-,25-/m1/s1. The van der Waals surface area contributed by atoms with Gasteiger partial charge in [-0.2, -0.15) is 0 Å². The van der Waals surface area contributed by atoms with Gasteiger partial charge in [0.15, 0.2) is 0 Å². The van der Waals surface area contributed by atoms with Gasteiger partial charge in [0.1, 0.15) is 0 Å². The molecule has 0 aromatic carbocycles. The van der Waals surface area contributed by atoms with Crippen molar-refractivity contribution in [2.45, 2.75) is 97.7 Å². The van der Waals surface area contributed by atoms with Crippen LogP contribution in [0.25, 0.3) is 0 Å². The van der Waals surface area contributed by atoms with E-state index in [1.54, 1.807) is 0 Å². The number of rotatable bonds is 6. The van der Waals surface area contributed by atoms with E-state index in [-0.39, 0.29) is 35.6 Å². The lowest BCUT2D eigenvalue weighted by atomic mass is 9.41. The summed E-state index contributed by atoms with van der Waals surface area (Å²) in [7, 11) is -4.41. The molecule has 0 aromatic rings. The molecule has 4 fully saturated rings. The van der Waals surface area contributed by atoms with E-state index in [1.807, 2.05) is 0 Å². The molecule has 0 bridgehead atoms. The van der Waals surface area contributed by atoms with Gasteiger partial charge in [-0.15, -0.1) is 0 Å². The summed E-state index contributed by atoms with van der Waals surface area (Å²) in [6.45, 7) is 9.40. The predicted octanol–water partition coefficient (Wildman–Crippen LogP) is 4.75. The van der Waals surface area contributed by atoms with Gasteiger partial charge in [-0.1, -0.05) is 34.1 Å². The molecule has 4 aliphatic rings. The lowest BCUT2D eigenvalue weighted by Crippen LogP contribution is -2.62. The number of aliphatic hydroxyl groups excluding tert-OH is 2. The molecule has 0 radical (unpaired) electrons. The molecule has 4 saturated carbocycles. The van der Waals surface area contributed by atoms with E-state index in [0.717, 1.165) is 44.9 Å². The summed E-state index contributed by atoms with van der Waals surface area (Å²) in [5, 5.41) is 22.2. The van der Waals surface area contributed by atoms with E-state index in [0.29, 0.717) is 41.9 Å². The van der Waals surface area contributed by atoms with Crippen molar-refractivity contribution in [1.29, 1.82) is 0 Å². The number of phosphoric ester groups is 1. The lowest BCUT2D eigenvalue weighted by molar-refractivity contribution is -0.203. The number of aliphatic hydroxyl groups is 2. The predicted molar refractivity (Wildman–Crippen MR) is 124 cm³/mol. The maximum Gasteiger partial charge on any atom is 0.469 e. The molecule has 0 spiro atoms. The molecule has 0 aliphatic heterocycles. The highest BCUT2D eigenvalue weighted by Crippen LogP contribution is 2.69. The highest BCUT2D eigenvalue weighted by molar-refractivity contribution is 7.46. The fourth-order valence-corrected chi connectivity index (χ4v) is 9.83. The Bertz CT molecular complexity index is 725. The molecule has 7 heteroatoms. The van der Waals surface area contributed by atoms with Gasteiger partial charge in [-0.25, -0.2) is 4.57 Å². The Morgan fingerprint density at radius 3 is 2.31 bits per heavy atom. The van der Waals surface area contributed by atoms with E-state index in [9.17, 15) is 14.8 Å². The van der Waals surface area contributed by atoms with Gasteiger partial charge in [0, 0.05) is 0 Å². The Balaban J connectivity index is 1.55. The molecule has 4 N–H and O–H groups in total. The highest BCUT2D eigenvalue weighted by Gasteiger charge is 2.64. The summed E-state index contributed by atoms with van der Waals surface area (Å²) >= 11 is 0. The van der Waals surface area contributed by atoms with Crippen LogP contribution in [-0.2, 0) is 9.09 Å². The van der Waals surface area contributed by atoms with Crippen molar-refractivity contribution in [3.63, 3.8) is 0 Å². The second-order valence-electron chi connectivity index (χ2n) is 12.2. The minimum atomic E-state index is -4.41. The monoisotopic (exact) mass is 472 g/mol. The zero-order valence-electron chi connectivity index (χ0n) is 20.3. The quantitative estimate of drug-likeness (QED) is 0.416. The molecule has 0 aromatic heterocycles. The van der Waals surface area contributed by atoms with Crippen LogP contribution in [0.1, 0.15) is 85.5 Å². The van der Waals surface area contributed by atoms with Crippen molar-refractivity contribution in [1.82, 2.24) is 0 Å². The molecule has 32 heavy (non-hydrogen) atoms. The van der Waals surface area contributed by atoms with Crippen molar-refractivity contribution in [2.24, 2.45) is 52.3 Å². The van der Waals surface area contributed by atoms with Gasteiger partial charge >= 0.3 is 7.82 Å². The molecule has 11 atom stereocenters. The molecule has 4 unspecified atom stereocenters. The Morgan fingerprint density at radius 1 is 1.00 bits per heavy atom. The van der Waals surface area contributed by atoms with Crippen LogP contribution >= 0.6 is 7.82 Å². The third kappa shape index (κ3) is 4.16. The van der Waals surface area contributed by atoms with Crippen LogP contribution < -0.4 is 0 Å². The Hall–Kier alpha value is 0.0300. The summed E-state index contributed by atoms with van der Waals surface area (Å²) in [6.07, 6.45) is 8.53. The molecular formula is C25H45O6P. The minimum Gasteiger partial charge on any atom is -0.393 e. The summed E-state index contributed by atoms with van der Waals surface area (Å²) in [5.41, 5.74) is 0.380. The Morgan fingerprint density at radius 2 is 1.66 bits per heavy atom. The zero-order valence-corrected chi connectivity index (χ0v) is 21.2. The third-order valence-electron chi connectivity index (χ3n) is 11.0. The number of hydrogen-bond donors (Lipinski definition) is 4. The Labute approximate surface area is 193 Å². The van der Waals surface area contributed by atoms with Crippen molar-refractivity contribution in [3.8, 4) is 0 Å². The van der Waals surface area contributed by atoms with E-state index in [4.69, 9.17) is 14.3 Å². The molecule has 0 heterocycles. The van der Waals surface area contributed by atoms with Crippen LogP contribution in [0.4, 0.5) is 0 Å². The average Bonchev–Trinajstić information content (AvgIpc) is 3.06. The number of phosphoric acid groups is 1. The lowest BCUT2D eigenvalue weighted by Gasteiger charge is -2.64.